The van der Waals surface area contributed by atoms with Gasteiger partial charge in [0.2, 0.25) is 5.91 Å². The second kappa shape index (κ2) is 5.66. The zero-order chi connectivity index (χ0) is 12.3. The van der Waals surface area contributed by atoms with E-state index in [9.17, 15) is 4.79 Å². The predicted octanol–water partition coefficient (Wildman–Crippen LogP) is 4.02. The Labute approximate surface area is 116 Å². The summed E-state index contributed by atoms with van der Waals surface area (Å²) >= 11 is 6.52. The van der Waals surface area contributed by atoms with Crippen LogP contribution in [0.2, 0.25) is 0 Å². The zero-order valence-corrected chi connectivity index (χ0v) is 12.2. The van der Waals surface area contributed by atoms with Crippen LogP contribution in [0.15, 0.2) is 43.5 Å². The second-order valence-electron chi connectivity index (χ2n) is 3.24. The van der Waals surface area contributed by atoms with Gasteiger partial charge in [-0.2, -0.15) is 0 Å². The summed E-state index contributed by atoms with van der Waals surface area (Å²) in [5, 5.41) is 4.68. The van der Waals surface area contributed by atoms with Gasteiger partial charge in [0.15, 0.2) is 4.34 Å². The number of hydrogen-bond donors (Lipinski definition) is 1. The summed E-state index contributed by atoms with van der Waals surface area (Å²) in [6, 6.07) is 7.69. The van der Waals surface area contributed by atoms with Gasteiger partial charge in [0.1, 0.15) is 4.60 Å². The average Bonchev–Trinajstić information content (AvgIpc) is 2.66. The van der Waals surface area contributed by atoms with Crippen molar-refractivity contribution in [1.82, 2.24) is 4.98 Å². The van der Waals surface area contributed by atoms with Gasteiger partial charge in [-0.3, -0.25) is 4.79 Å². The molecule has 0 aliphatic heterocycles. The normalized spacial score (nSPS) is 10.2. The minimum Gasteiger partial charge on any atom is -0.326 e. The van der Waals surface area contributed by atoms with E-state index in [0.717, 1.165) is 19.5 Å². The molecule has 1 aromatic carbocycles. The molecule has 17 heavy (non-hydrogen) atoms. The highest BCUT2D eigenvalue weighted by atomic mass is 79.9. The van der Waals surface area contributed by atoms with Gasteiger partial charge in [0.05, 0.1) is 0 Å². The SMILES string of the molecule is CC(=O)Nc1ccc(Sc2nc(Br)cs2)cc1. The molecule has 0 saturated heterocycles. The van der Waals surface area contributed by atoms with Gasteiger partial charge in [-0.1, -0.05) is 11.8 Å². The van der Waals surface area contributed by atoms with E-state index in [1.807, 2.05) is 29.6 Å². The third-order valence-corrected chi connectivity index (χ3v) is 4.49. The van der Waals surface area contributed by atoms with Crippen LogP contribution in [0.5, 0.6) is 0 Å². The number of amides is 1. The molecule has 0 aliphatic rings. The van der Waals surface area contributed by atoms with Crippen molar-refractivity contribution in [2.45, 2.75) is 16.2 Å². The summed E-state index contributed by atoms with van der Waals surface area (Å²) in [6.45, 7) is 1.50. The van der Waals surface area contributed by atoms with Crippen LogP contribution >= 0.6 is 39.0 Å². The van der Waals surface area contributed by atoms with Crippen molar-refractivity contribution in [1.29, 1.82) is 0 Å². The molecule has 1 N–H and O–H groups in total. The third-order valence-electron chi connectivity index (χ3n) is 1.83. The Morgan fingerprint density at radius 2 is 2.12 bits per heavy atom. The molecule has 0 saturated carbocycles. The lowest BCUT2D eigenvalue weighted by Crippen LogP contribution is -2.05. The van der Waals surface area contributed by atoms with E-state index in [-0.39, 0.29) is 5.91 Å². The number of halogens is 1. The van der Waals surface area contributed by atoms with E-state index in [4.69, 9.17) is 0 Å². The van der Waals surface area contributed by atoms with Gasteiger partial charge in [0, 0.05) is 22.9 Å². The van der Waals surface area contributed by atoms with Crippen molar-refractivity contribution < 1.29 is 4.79 Å². The number of hydrogen-bond acceptors (Lipinski definition) is 4. The van der Waals surface area contributed by atoms with Crippen molar-refractivity contribution in [3.8, 4) is 0 Å². The van der Waals surface area contributed by atoms with E-state index in [1.165, 1.54) is 6.92 Å². The molecular formula is C11H9BrN2OS2. The maximum Gasteiger partial charge on any atom is 0.221 e. The minimum atomic E-state index is -0.0609. The van der Waals surface area contributed by atoms with Crippen LogP contribution in [-0.4, -0.2) is 10.9 Å². The number of carbonyl (C=O) groups excluding carboxylic acids is 1. The third kappa shape index (κ3) is 3.83. The first-order chi connectivity index (χ1) is 8.13. The number of carbonyl (C=O) groups is 1. The number of thiazole rings is 1. The van der Waals surface area contributed by atoms with Crippen LogP contribution in [-0.2, 0) is 4.79 Å². The lowest BCUT2D eigenvalue weighted by molar-refractivity contribution is -0.114. The van der Waals surface area contributed by atoms with Gasteiger partial charge < -0.3 is 5.32 Å². The van der Waals surface area contributed by atoms with Crippen LogP contribution in [0.1, 0.15) is 6.92 Å². The fraction of sp³-hybridized carbons (Fsp3) is 0.0909. The Hall–Kier alpha value is -0.850. The summed E-state index contributed by atoms with van der Waals surface area (Å²) in [5.74, 6) is -0.0609. The van der Waals surface area contributed by atoms with Crippen LogP contribution in [0, 0.1) is 0 Å². The Morgan fingerprint density at radius 3 is 2.65 bits per heavy atom. The molecule has 1 heterocycles. The quantitative estimate of drug-likeness (QED) is 0.925. The first-order valence-corrected chi connectivity index (χ1v) is 7.29. The fourth-order valence-corrected chi connectivity index (χ4v) is 3.53. The van der Waals surface area contributed by atoms with E-state index in [1.54, 1.807) is 23.1 Å². The van der Waals surface area contributed by atoms with Gasteiger partial charge in [0.25, 0.3) is 0 Å². The lowest BCUT2D eigenvalue weighted by Gasteiger charge is -2.02. The number of aromatic nitrogens is 1. The molecule has 1 aromatic heterocycles. The molecule has 3 nitrogen and oxygen atoms in total. The van der Waals surface area contributed by atoms with Crippen LogP contribution < -0.4 is 5.32 Å². The van der Waals surface area contributed by atoms with E-state index < -0.39 is 0 Å². The summed E-state index contributed by atoms with van der Waals surface area (Å²) in [5.41, 5.74) is 0.808. The van der Waals surface area contributed by atoms with Crippen molar-refractivity contribution >= 4 is 50.6 Å². The maximum absolute atomic E-state index is 10.9. The van der Waals surface area contributed by atoms with E-state index in [0.29, 0.717) is 0 Å². The number of benzene rings is 1. The number of rotatable bonds is 3. The Morgan fingerprint density at radius 1 is 1.41 bits per heavy atom. The van der Waals surface area contributed by atoms with Crippen molar-refractivity contribution in [3.05, 3.63) is 34.2 Å². The summed E-state index contributed by atoms with van der Waals surface area (Å²) in [6.07, 6.45) is 0. The van der Waals surface area contributed by atoms with Crippen LogP contribution in [0.25, 0.3) is 0 Å². The second-order valence-corrected chi connectivity index (χ2v) is 6.23. The first-order valence-electron chi connectivity index (χ1n) is 4.80. The Kier molecular flexibility index (Phi) is 4.20. The average molecular weight is 329 g/mol. The molecule has 88 valence electrons. The highest BCUT2D eigenvalue weighted by molar-refractivity contribution is 9.10. The molecule has 2 rings (SSSR count). The van der Waals surface area contributed by atoms with Crippen LogP contribution in [0.3, 0.4) is 0 Å². The molecule has 6 heteroatoms. The van der Waals surface area contributed by atoms with Gasteiger partial charge in [-0.25, -0.2) is 4.98 Å². The predicted molar refractivity (Wildman–Crippen MR) is 74.7 cm³/mol. The molecule has 0 spiro atoms. The Bertz CT molecular complexity index is 525. The summed E-state index contributed by atoms with van der Waals surface area (Å²) in [4.78, 5) is 16.3. The largest absolute Gasteiger partial charge is 0.326 e. The van der Waals surface area contributed by atoms with E-state index >= 15 is 0 Å². The standard InChI is InChI=1S/C11H9BrN2OS2/c1-7(15)13-8-2-4-9(5-3-8)17-11-14-10(12)6-16-11/h2-6H,1H3,(H,13,15). The molecule has 0 bridgehead atoms. The number of anilines is 1. The minimum absolute atomic E-state index is 0.0609. The Balaban J connectivity index is 2.05. The van der Waals surface area contributed by atoms with Gasteiger partial charge >= 0.3 is 0 Å². The molecule has 1 amide bonds. The molecule has 0 atom stereocenters. The first kappa shape index (κ1) is 12.6. The van der Waals surface area contributed by atoms with E-state index in [2.05, 4.69) is 26.2 Å². The molecule has 0 radical (unpaired) electrons. The molecule has 2 aromatic rings. The highest BCUT2D eigenvalue weighted by Gasteiger charge is 2.02. The fourth-order valence-electron chi connectivity index (χ4n) is 1.20. The highest BCUT2D eigenvalue weighted by Crippen LogP contribution is 2.32. The van der Waals surface area contributed by atoms with Crippen LogP contribution in [0.4, 0.5) is 5.69 Å². The number of nitrogens with zero attached hydrogens (tertiary/aromatic N) is 1. The molecule has 0 fully saturated rings. The maximum atomic E-state index is 10.9. The smallest absolute Gasteiger partial charge is 0.221 e. The van der Waals surface area contributed by atoms with Gasteiger partial charge in [-0.15, -0.1) is 11.3 Å². The number of nitrogens with one attached hydrogen (secondary N) is 1. The summed E-state index contributed by atoms with van der Waals surface area (Å²) in [7, 11) is 0. The molecule has 0 unspecified atom stereocenters. The van der Waals surface area contributed by atoms with Crippen molar-refractivity contribution in [2.75, 3.05) is 5.32 Å². The zero-order valence-electron chi connectivity index (χ0n) is 8.94. The molecular weight excluding hydrogens is 320 g/mol. The van der Waals surface area contributed by atoms with Crippen molar-refractivity contribution in [2.24, 2.45) is 0 Å². The topological polar surface area (TPSA) is 42.0 Å². The van der Waals surface area contributed by atoms with Crippen molar-refractivity contribution in [3.63, 3.8) is 0 Å². The summed E-state index contributed by atoms with van der Waals surface area (Å²) < 4.78 is 1.85. The van der Waals surface area contributed by atoms with Gasteiger partial charge in [-0.05, 0) is 40.2 Å². The monoisotopic (exact) mass is 328 g/mol. The lowest BCUT2D eigenvalue weighted by atomic mass is 10.3. The molecule has 0 aliphatic carbocycles.